The molecule has 4 rings (SSSR count). The molecule has 95 valence electrons. The molecular weight excluding hydrogens is 308 g/mol. The summed E-state index contributed by atoms with van der Waals surface area (Å²) in [5.41, 5.74) is 1.82. The van der Waals surface area contributed by atoms with Gasteiger partial charge in [-0.3, -0.25) is 4.79 Å². The summed E-state index contributed by atoms with van der Waals surface area (Å²) in [7, 11) is 0. The van der Waals surface area contributed by atoms with Crippen molar-refractivity contribution in [1.82, 2.24) is 4.90 Å². The Morgan fingerprint density at radius 2 is 2.00 bits per heavy atom. The van der Waals surface area contributed by atoms with Gasteiger partial charge >= 0.3 is 0 Å². The number of rotatable bonds is 0. The predicted molar refractivity (Wildman–Crippen MR) is 76.9 cm³/mol. The van der Waals surface area contributed by atoms with Crippen molar-refractivity contribution < 1.29 is 4.79 Å². The normalized spacial score (nSPS) is 20.6. The van der Waals surface area contributed by atoms with E-state index in [2.05, 4.69) is 37.2 Å². The molecule has 1 aromatic rings. The second-order valence-corrected chi connectivity index (χ2v) is 5.59. The van der Waals surface area contributed by atoms with Crippen molar-refractivity contribution in [2.75, 3.05) is 24.5 Å². The molecule has 0 unspecified atom stereocenters. The third-order valence-electron chi connectivity index (χ3n) is 3.43. The molecular formula is C13H10BrN4O. The molecule has 0 aliphatic carbocycles. The van der Waals surface area contributed by atoms with E-state index in [9.17, 15) is 4.79 Å². The lowest BCUT2D eigenvalue weighted by Gasteiger charge is -2.37. The second kappa shape index (κ2) is 3.90. The van der Waals surface area contributed by atoms with E-state index in [1.54, 1.807) is 0 Å². The first-order valence-electron chi connectivity index (χ1n) is 6.07. The van der Waals surface area contributed by atoms with Crippen molar-refractivity contribution in [3.8, 4) is 0 Å². The highest BCUT2D eigenvalue weighted by molar-refractivity contribution is 9.10. The minimum Gasteiger partial charge on any atom is -0.353 e. The van der Waals surface area contributed by atoms with E-state index in [0.29, 0.717) is 12.4 Å². The smallest absolute Gasteiger partial charge is 0.267 e. The van der Waals surface area contributed by atoms with Crippen molar-refractivity contribution in [3.05, 3.63) is 29.1 Å². The summed E-state index contributed by atoms with van der Waals surface area (Å²) in [6, 6.07) is 5.90. The lowest BCUT2D eigenvalue weighted by Crippen LogP contribution is -2.51. The molecule has 0 bridgehead atoms. The molecule has 19 heavy (non-hydrogen) atoms. The number of carbonyl (C=O) groups excluding carboxylic acids is 1. The number of aliphatic imine (C=N–C) groups is 2. The Balaban J connectivity index is 1.89. The van der Waals surface area contributed by atoms with Gasteiger partial charge in [-0.15, -0.1) is 0 Å². The van der Waals surface area contributed by atoms with Crippen LogP contribution in [0.1, 0.15) is 0 Å². The van der Waals surface area contributed by atoms with Crippen LogP contribution in [0.2, 0.25) is 0 Å². The zero-order chi connectivity index (χ0) is 13.0. The Kier molecular flexibility index (Phi) is 2.29. The summed E-state index contributed by atoms with van der Waals surface area (Å²) in [6.45, 7) is 2.03. The van der Waals surface area contributed by atoms with E-state index < -0.39 is 0 Å². The molecule has 6 heteroatoms. The van der Waals surface area contributed by atoms with Crippen molar-refractivity contribution in [3.63, 3.8) is 0 Å². The van der Waals surface area contributed by atoms with Crippen LogP contribution in [0.3, 0.4) is 0 Å². The number of hydrogen-bond acceptors (Lipinski definition) is 4. The van der Waals surface area contributed by atoms with E-state index in [1.165, 1.54) is 0 Å². The topological polar surface area (TPSA) is 48.3 Å². The predicted octanol–water partition coefficient (Wildman–Crippen LogP) is 1.76. The largest absolute Gasteiger partial charge is 0.353 e. The van der Waals surface area contributed by atoms with Crippen LogP contribution in [-0.4, -0.2) is 42.1 Å². The monoisotopic (exact) mass is 317 g/mol. The molecule has 3 aliphatic rings. The van der Waals surface area contributed by atoms with Gasteiger partial charge in [0, 0.05) is 24.0 Å². The highest BCUT2D eigenvalue weighted by atomic mass is 79.9. The van der Waals surface area contributed by atoms with Crippen molar-refractivity contribution in [1.29, 1.82) is 0 Å². The number of halogens is 1. The number of carbonyl (C=O) groups is 1. The molecule has 0 spiro atoms. The summed E-state index contributed by atoms with van der Waals surface area (Å²) in [5.74, 6) is 1.38. The molecule has 1 radical (unpaired) electrons. The van der Waals surface area contributed by atoms with Gasteiger partial charge in [0.1, 0.15) is 6.54 Å². The van der Waals surface area contributed by atoms with Crippen LogP contribution in [0.5, 0.6) is 0 Å². The first-order valence-corrected chi connectivity index (χ1v) is 6.86. The number of fused-ring (bicyclic) bond motifs is 3. The minimum atomic E-state index is -0.111. The summed E-state index contributed by atoms with van der Waals surface area (Å²) in [4.78, 5) is 24.5. The third-order valence-corrected chi connectivity index (χ3v) is 3.93. The molecule has 5 nitrogen and oxygen atoms in total. The van der Waals surface area contributed by atoms with Crippen LogP contribution < -0.4 is 4.90 Å². The first kappa shape index (κ1) is 11.2. The van der Waals surface area contributed by atoms with Crippen LogP contribution in [-0.2, 0) is 4.79 Å². The molecule has 1 aromatic carbocycles. The standard InChI is InChI=1S/C13H10BrN4O/c14-8-2-3-9-10(6-8)18-7-11(19)16-13(18)12(15-9)17-4-1-5-17/h1-3,6H,4-5,7H2. The van der Waals surface area contributed by atoms with Crippen LogP contribution >= 0.6 is 15.9 Å². The first-order chi connectivity index (χ1) is 9.22. The second-order valence-electron chi connectivity index (χ2n) is 4.68. The van der Waals surface area contributed by atoms with Gasteiger partial charge in [0.25, 0.3) is 5.91 Å². The number of amidine groups is 2. The third kappa shape index (κ3) is 1.63. The van der Waals surface area contributed by atoms with Gasteiger partial charge in [-0.25, -0.2) is 4.99 Å². The van der Waals surface area contributed by atoms with E-state index in [0.717, 1.165) is 34.8 Å². The van der Waals surface area contributed by atoms with E-state index in [4.69, 9.17) is 0 Å². The highest BCUT2D eigenvalue weighted by Crippen LogP contribution is 2.37. The summed E-state index contributed by atoms with van der Waals surface area (Å²) in [5, 5.41) is 0. The van der Waals surface area contributed by atoms with Gasteiger partial charge in [0.15, 0.2) is 11.7 Å². The van der Waals surface area contributed by atoms with Gasteiger partial charge in [0.05, 0.1) is 11.4 Å². The van der Waals surface area contributed by atoms with Gasteiger partial charge in [-0.1, -0.05) is 15.9 Å². The Hall–Kier alpha value is -1.69. The number of hydrogen-bond donors (Lipinski definition) is 0. The van der Waals surface area contributed by atoms with Crippen LogP contribution in [0.25, 0.3) is 0 Å². The maximum absolute atomic E-state index is 11.7. The van der Waals surface area contributed by atoms with Crippen LogP contribution in [0.4, 0.5) is 11.4 Å². The molecule has 0 saturated carbocycles. The summed E-state index contributed by atoms with van der Waals surface area (Å²) >= 11 is 3.46. The number of benzene rings is 1. The summed E-state index contributed by atoms with van der Waals surface area (Å²) in [6.07, 6.45) is 2.17. The lowest BCUT2D eigenvalue weighted by atomic mass is 10.1. The minimum absolute atomic E-state index is 0.111. The molecule has 0 aromatic heterocycles. The molecule has 3 heterocycles. The Morgan fingerprint density at radius 1 is 1.16 bits per heavy atom. The highest BCUT2D eigenvalue weighted by Gasteiger charge is 2.37. The van der Waals surface area contributed by atoms with Crippen molar-refractivity contribution in [2.24, 2.45) is 9.98 Å². The van der Waals surface area contributed by atoms with E-state index in [-0.39, 0.29) is 5.91 Å². The van der Waals surface area contributed by atoms with Gasteiger partial charge < -0.3 is 9.80 Å². The zero-order valence-electron chi connectivity index (χ0n) is 10.0. The van der Waals surface area contributed by atoms with Gasteiger partial charge in [0.2, 0.25) is 0 Å². The van der Waals surface area contributed by atoms with Crippen molar-refractivity contribution in [2.45, 2.75) is 0 Å². The number of likely N-dealkylation sites (tertiary alicyclic amines) is 1. The summed E-state index contributed by atoms with van der Waals surface area (Å²) < 4.78 is 0.973. The molecule has 3 aliphatic heterocycles. The zero-order valence-corrected chi connectivity index (χ0v) is 11.6. The number of anilines is 1. The maximum atomic E-state index is 11.7. The molecule has 0 N–H and O–H groups in total. The molecule has 1 amide bonds. The van der Waals surface area contributed by atoms with Crippen LogP contribution in [0, 0.1) is 6.42 Å². The molecule has 1 saturated heterocycles. The SMILES string of the molecule is O=C1CN2C(=N1)C(N1C[CH]C1)=Nc1ccc(Br)cc12. The fraction of sp³-hybridized carbons (Fsp3) is 0.231. The van der Waals surface area contributed by atoms with Crippen LogP contribution in [0.15, 0.2) is 32.7 Å². The lowest BCUT2D eigenvalue weighted by molar-refractivity contribution is -0.115. The van der Waals surface area contributed by atoms with Crippen molar-refractivity contribution >= 4 is 44.9 Å². The average Bonchev–Trinajstić information content (AvgIpc) is 2.70. The fourth-order valence-corrected chi connectivity index (χ4v) is 2.76. The van der Waals surface area contributed by atoms with E-state index >= 15 is 0 Å². The number of amides is 1. The quantitative estimate of drug-likeness (QED) is 0.732. The van der Waals surface area contributed by atoms with E-state index in [1.807, 2.05) is 23.1 Å². The Labute approximate surface area is 118 Å². The fourth-order valence-electron chi connectivity index (χ4n) is 2.41. The Morgan fingerprint density at radius 3 is 2.74 bits per heavy atom. The van der Waals surface area contributed by atoms with Gasteiger partial charge in [-0.05, 0) is 18.2 Å². The number of nitrogens with zero attached hydrogens (tertiary/aromatic N) is 4. The van der Waals surface area contributed by atoms with Gasteiger partial charge in [-0.2, -0.15) is 4.99 Å². The Bertz CT molecular complexity index is 648. The molecule has 0 atom stereocenters. The maximum Gasteiger partial charge on any atom is 0.267 e. The average molecular weight is 318 g/mol. The molecule has 1 fully saturated rings.